The average Bonchev–Trinajstić information content (AvgIpc) is 2.25. The summed E-state index contributed by atoms with van der Waals surface area (Å²) >= 11 is 0. The Balaban J connectivity index is 2.29. The molecule has 0 fully saturated rings. The van der Waals surface area contributed by atoms with E-state index in [9.17, 15) is 4.79 Å². The Hall–Kier alpha value is -1.42. The molecule has 1 heterocycles. The number of nitrogens with zero attached hydrogens (tertiary/aromatic N) is 1. The van der Waals surface area contributed by atoms with Gasteiger partial charge in [-0.3, -0.25) is 9.78 Å². The minimum Gasteiger partial charge on any atom is -0.385 e. The summed E-state index contributed by atoms with van der Waals surface area (Å²) < 4.78 is 4.87. The number of carbonyl (C=O) groups excluding carboxylic acids is 1. The van der Waals surface area contributed by atoms with Crippen LogP contribution in [0.25, 0.3) is 0 Å². The first kappa shape index (κ1) is 10.7. The zero-order valence-electron chi connectivity index (χ0n) is 8.19. The van der Waals surface area contributed by atoms with Gasteiger partial charge in [0.05, 0.1) is 5.56 Å². The summed E-state index contributed by atoms with van der Waals surface area (Å²) in [7, 11) is 1.64. The van der Waals surface area contributed by atoms with Crippen LogP contribution in [0.1, 0.15) is 16.8 Å². The summed E-state index contributed by atoms with van der Waals surface area (Å²) in [6.07, 6.45) is 4.01. The highest BCUT2D eigenvalue weighted by Crippen LogP contribution is 1.94. The molecule has 1 rings (SSSR count). The van der Waals surface area contributed by atoms with Crippen molar-refractivity contribution in [2.45, 2.75) is 6.42 Å². The van der Waals surface area contributed by atoms with E-state index in [0.717, 1.165) is 6.42 Å². The zero-order valence-corrected chi connectivity index (χ0v) is 8.19. The molecule has 0 aliphatic rings. The van der Waals surface area contributed by atoms with Crippen molar-refractivity contribution in [3.8, 4) is 0 Å². The predicted molar refractivity (Wildman–Crippen MR) is 53.1 cm³/mol. The molecule has 76 valence electrons. The molecule has 0 unspecified atom stereocenters. The molecule has 1 aromatic rings. The van der Waals surface area contributed by atoms with Gasteiger partial charge in [-0.25, -0.2) is 0 Å². The predicted octanol–water partition coefficient (Wildman–Crippen LogP) is 0.848. The van der Waals surface area contributed by atoms with Crippen molar-refractivity contribution in [2.24, 2.45) is 0 Å². The lowest BCUT2D eigenvalue weighted by molar-refractivity contribution is 0.0948. The van der Waals surface area contributed by atoms with E-state index in [1.165, 1.54) is 0 Å². The number of nitrogens with one attached hydrogen (secondary N) is 1. The number of hydrogen-bond acceptors (Lipinski definition) is 3. The largest absolute Gasteiger partial charge is 0.385 e. The third-order valence-electron chi connectivity index (χ3n) is 1.73. The molecule has 0 atom stereocenters. The van der Waals surface area contributed by atoms with Crippen LogP contribution in [0.5, 0.6) is 0 Å². The van der Waals surface area contributed by atoms with Crippen LogP contribution in [0.15, 0.2) is 24.5 Å². The Labute approximate surface area is 83.3 Å². The summed E-state index contributed by atoms with van der Waals surface area (Å²) in [5, 5.41) is 2.77. The quantitative estimate of drug-likeness (QED) is 0.707. The number of hydrogen-bond donors (Lipinski definition) is 1. The van der Waals surface area contributed by atoms with Crippen molar-refractivity contribution in [1.29, 1.82) is 0 Å². The van der Waals surface area contributed by atoms with Gasteiger partial charge < -0.3 is 10.1 Å². The highest BCUT2D eigenvalue weighted by atomic mass is 16.5. The van der Waals surface area contributed by atoms with Gasteiger partial charge in [0.1, 0.15) is 0 Å². The number of methoxy groups -OCH3 is 1. The summed E-state index contributed by atoms with van der Waals surface area (Å²) in [4.78, 5) is 15.3. The molecule has 0 aromatic carbocycles. The van der Waals surface area contributed by atoms with Gasteiger partial charge in [-0.1, -0.05) is 0 Å². The van der Waals surface area contributed by atoms with Gasteiger partial charge in [0, 0.05) is 32.7 Å². The number of ether oxygens (including phenoxy) is 1. The topological polar surface area (TPSA) is 51.2 Å². The van der Waals surface area contributed by atoms with E-state index in [1.807, 2.05) is 0 Å². The lowest BCUT2D eigenvalue weighted by Gasteiger charge is -2.03. The molecule has 0 aliphatic carbocycles. The number of pyridine rings is 1. The van der Waals surface area contributed by atoms with Crippen LogP contribution in [-0.4, -0.2) is 31.2 Å². The van der Waals surface area contributed by atoms with Gasteiger partial charge in [-0.15, -0.1) is 0 Å². The van der Waals surface area contributed by atoms with E-state index in [4.69, 9.17) is 4.74 Å². The molecule has 4 nitrogen and oxygen atoms in total. The van der Waals surface area contributed by atoms with E-state index >= 15 is 0 Å². The van der Waals surface area contributed by atoms with Gasteiger partial charge in [0.15, 0.2) is 0 Å². The Morgan fingerprint density at radius 3 is 3.14 bits per heavy atom. The lowest BCUT2D eigenvalue weighted by Crippen LogP contribution is -2.25. The van der Waals surface area contributed by atoms with Crippen molar-refractivity contribution in [1.82, 2.24) is 10.3 Å². The number of rotatable bonds is 5. The maximum atomic E-state index is 11.4. The van der Waals surface area contributed by atoms with E-state index in [1.54, 1.807) is 31.6 Å². The fraction of sp³-hybridized carbons (Fsp3) is 0.400. The van der Waals surface area contributed by atoms with Gasteiger partial charge in [-0.2, -0.15) is 0 Å². The Morgan fingerprint density at radius 2 is 2.50 bits per heavy atom. The molecule has 1 N–H and O–H groups in total. The summed E-state index contributed by atoms with van der Waals surface area (Å²) in [6, 6.07) is 3.47. The van der Waals surface area contributed by atoms with Crippen LogP contribution in [0.3, 0.4) is 0 Å². The SMILES string of the molecule is COCCCNC(=O)c1cccnc1. The fourth-order valence-corrected chi connectivity index (χ4v) is 1.02. The van der Waals surface area contributed by atoms with Crippen LogP contribution in [0.4, 0.5) is 0 Å². The van der Waals surface area contributed by atoms with Gasteiger partial charge in [0.25, 0.3) is 5.91 Å². The first-order valence-electron chi connectivity index (χ1n) is 4.52. The summed E-state index contributed by atoms with van der Waals surface area (Å²) in [5.41, 5.74) is 0.588. The highest BCUT2D eigenvalue weighted by Gasteiger charge is 2.02. The Bertz CT molecular complexity index is 275. The summed E-state index contributed by atoms with van der Waals surface area (Å²) in [5.74, 6) is -0.0887. The fourth-order valence-electron chi connectivity index (χ4n) is 1.02. The number of amides is 1. The standard InChI is InChI=1S/C10H14N2O2/c1-14-7-3-6-12-10(13)9-4-2-5-11-8-9/h2,4-5,8H,3,6-7H2,1H3,(H,12,13). The Morgan fingerprint density at radius 1 is 1.64 bits per heavy atom. The summed E-state index contributed by atoms with van der Waals surface area (Å²) in [6.45, 7) is 1.29. The number of aromatic nitrogens is 1. The van der Waals surface area contributed by atoms with Crippen LogP contribution >= 0.6 is 0 Å². The smallest absolute Gasteiger partial charge is 0.252 e. The molecule has 0 spiro atoms. The molecule has 0 saturated heterocycles. The maximum Gasteiger partial charge on any atom is 0.252 e. The Kier molecular flexibility index (Phi) is 4.64. The monoisotopic (exact) mass is 194 g/mol. The van der Waals surface area contributed by atoms with Crippen molar-refractivity contribution in [3.05, 3.63) is 30.1 Å². The number of carbonyl (C=O) groups is 1. The molecule has 0 bridgehead atoms. The van der Waals surface area contributed by atoms with E-state index in [2.05, 4.69) is 10.3 Å². The maximum absolute atomic E-state index is 11.4. The third kappa shape index (κ3) is 3.53. The molecule has 1 aromatic heterocycles. The third-order valence-corrected chi connectivity index (χ3v) is 1.73. The molecule has 14 heavy (non-hydrogen) atoms. The van der Waals surface area contributed by atoms with Crippen LogP contribution in [0.2, 0.25) is 0 Å². The molecule has 1 amide bonds. The van der Waals surface area contributed by atoms with Crippen LogP contribution in [-0.2, 0) is 4.74 Å². The highest BCUT2D eigenvalue weighted by molar-refractivity contribution is 5.93. The molecule has 0 radical (unpaired) electrons. The minimum atomic E-state index is -0.0887. The van der Waals surface area contributed by atoms with Gasteiger partial charge in [0.2, 0.25) is 0 Å². The van der Waals surface area contributed by atoms with Gasteiger partial charge >= 0.3 is 0 Å². The molecular formula is C10H14N2O2. The zero-order chi connectivity index (χ0) is 10.2. The average molecular weight is 194 g/mol. The van der Waals surface area contributed by atoms with Crippen molar-refractivity contribution in [2.75, 3.05) is 20.3 Å². The van der Waals surface area contributed by atoms with Crippen LogP contribution < -0.4 is 5.32 Å². The second kappa shape index (κ2) is 6.10. The normalized spacial score (nSPS) is 9.79. The second-order valence-electron chi connectivity index (χ2n) is 2.84. The molecule has 0 saturated carbocycles. The second-order valence-corrected chi connectivity index (χ2v) is 2.84. The lowest BCUT2D eigenvalue weighted by atomic mass is 10.2. The molecule has 0 aliphatic heterocycles. The van der Waals surface area contributed by atoms with Crippen molar-refractivity contribution < 1.29 is 9.53 Å². The van der Waals surface area contributed by atoms with E-state index in [-0.39, 0.29) is 5.91 Å². The van der Waals surface area contributed by atoms with E-state index in [0.29, 0.717) is 18.7 Å². The molecule has 4 heteroatoms. The molecular weight excluding hydrogens is 180 g/mol. The van der Waals surface area contributed by atoms with Crippen LogP contribution in [0, 0.1) is 0 Å². The van der Waals surface area contributed by atoms with E-state index < -0.39 is 0 Å². The minimum absolute atomic E-state index is 0.0887. The van der Waals surface area contributed by atoms with Crippen molar-refractivity contribution in [3.63, 3.8) is 0 Å². The van der Waals surface area contributed by atoms with Crippen molar-refractivity contribution >= 4 is 5.91 Å². The van der Waals surface area contributed by atoms with Gasteiger partial charge in [-0.05, 0) is 18.6 Å². The first-order valence-corrected chi connectivity index (χ1v) is 4.52. The first-order chi connectivity index (χ1) is 6.84.